The number of amides is 1. The number of hydrogen-bond acceptors (Lipinski definition) is 3. The summed E-state index contributed by atoms with van der Waals surface area (Å²) in [6.07, 6.45) is 1.66. The maximum absolute atomic E-state index is 12.6. The van der Waals surface area contributed by atoms with Crippen molar-refractivity contribution in [2.75, 3.05) is 11.1 Å². The summed E-state index contributed by atoms with van der Waals surface area (Å²) in [5.41, 5.74) is 7.97. The number of nitrogen functional groups attached to an aromatic ring is 1. The van der Waals surface area contributed by atoms with Gasteiger partial charge in [-0.1, -0.05) is 23.7 Å². The second-order valence-electron chi connectivity index (χ2n) is 5.55. The quantitative estimate of drug-likeness (QED) is 0.673. The largest absolute Gasteiger partial charge is 0.399 e. The van der Waals surface area contributed by atoms with Crippen LogP contribution in [0.4, 0.5) is 11.4 Å². The van der Waals surface area contributed by atoms with Crippen molar-refractivity contribution in [3.05, 3.63) is 52.8 Å². The Morgan fingerprint density at radius 1 is 1.29 bits per heavy atom. The predicted molar refractivity (Wildman–Crippen MR) is 86.5 cm³/mol. The number of anilines is 2. The molecule has 21 heavy (non-hydrogen) atoms. The third-order valence-corrected chi connectivity index (χ3v) is 3.73. The lowest BCUT2D eigenvalue weighted by Gasteiger charge is -2.24. The van der Waals surface area contributed by atoms with E-state index in [1.165, 1.54) is 0 Å². The number of rotatable bonds is 3. The van der Waals surface area contributed by atoms with E-state index in [0.29, 0.717) is 11.4 Å². The Bertz CT molecular complexity index is 666. The molecule has 0 bridgehead atoms. The zero-order chi connectivity index (χ0) is 15.6. The van der Waals surface area contributed by atoms with Crippen LogP contribution in [0, 0.1) is 6.92 Å². The van der Waals surface area contributed by atoms with Crippen LogP contribution in [-0.4, -0.2) is 10.9 Å². The third kappa shape index (κ3) is 3.34. The molecule has 1 amide bonds. The first-order valence-electron chi connectivity index (χ1n) is 6.60. The summed E-state index contributed by atoms with van der Waals surface area (Å²) in [5, 5.41) is 3.12. The topological polar surface area (TPSA) is 68.0 Å². The van der Waals surface area contributed by atoms with Crippen molar-refractivity contribution in [2.45, 2.75) is 26.2 Å². The van der Waals surface area contributed by atoms with Crippen LogP contribution in [0.5, 0.6) is 0 Å². The van der Waals surface area contributed by atoms with Gasteiger partial charge in [-0.15, -0.1) is 0 Å². The molecule has 2 aromatic rings. The Hall–Kier alpha value is -2.07. The van der Waals surface area contributed by atoms with E-state index >= 15 is 0 Å². The number of pyridine rings is 1. The van der Waals surface area contributed by atoms with Crippen LogP contribution in [0.3, 0.4) is 0 Å². The minimum absolute atomic E-state index is 0.151. The van der Waals surface area contributed by atoms with Crippen LogP contribution in [0.25, 0.3) is 0 Å². The number of nitrogens with zero attached hydrogens (tertiary/aromatic N) is 1. The Balaban J connectivity index is 2.26. The molecule has 0 aliphatic rings. The molecule has 0 spiro atoms. The number of carbonyl (C=O) groups excluding carboxylic acids is 1. The van der Waals surface area contributed by atoms with Crippen LogP contribution in [0.15, 0.2) is 36.5 Å². The van der Waals surface area contributed by atoms with Gasteiger partial charge in [0.15, 0.2) is 5.15 Å². The molecule has 5 heteroatoms. The Morgan fingerprint density at radius 3 is 2.52 bits per heavy atom. The fraction of sp³-hybridized carbons (Fsp3) is 0.250. The summed E-state index contributed by atoms with van der Waals surface area (Å²) in [4.78, 5) is 16.6. The highest BCUT2D eigenvalue weighted by Gasteiger charge is 2.30. The first kappa shape index (κ1) is 15.3. The summed E-state index contributed by atoms with van der Waals surface area (Å²) in [6.45, 7) is 5.60. The van der Waals surface area contributed by atoms with Gasteiger partial charge in [-0.05, 0) is 50.1 Å². The van der Waals surface area contributed by atoms with E-state index in [1.54, 1.807) is 24.4 Å². The zero-order valence-corrected chi connectivity index (χ0v) is 13.0. The maximum Gasteiger partial charge on any atom is 0.234 e. The number of benzene rings is 1. The molecule has 0 radical (unpaired) electrons. The first-order valence-corrected chi connectivity index (χ1v) is 6.98. The van der Waals surface area contributed by atoms with Gasteiger partial charge in [0, 0.05) is 11.9 Å². The minimum atomic E-state index is -0.708. The molecule has 3 N–H and O–H groups in total. The standard InChI is InChI=1S/C16H18ClN3O/c1-10-8-13(14(17)19-9-10)20-15(21)16(2,3)11-4-6-12(18)7-5-11/h4-9H,18H2,1-3H3,(H,20,21). The molecule has 0 aliphatic carbocycles. The highest BCUT2D eigenvalue weighted by molar-refractivity contribution is 6.32. The van der Waals surface area contributed by atoms with Gasteiger partial charge >= 0.3 is 0 Å². The van der Waals surface area contributed by atoms with E-state index in [9.17, 15) is 4.79 Å². The Labute approximate surface area is 129 Å². The van der Waals surface area contributed by atoms with E-state index in [4.69, 9.17) is 17.3 Å². The molecule has 1 heterocycles. The van der Waals surface area contributed by atoms with Crippen molar-refractivity contribution in [1.82, 2.24) is 4.98 Å². The molecule has 0 unspecified atom stereocenters. The fourth-order valence-electron chi connectivity index (χ4n) is 1.95. The van der Waals surface area contributed by atoms with E-state index < -0.39 is 5.41 Å². The lowest BCUT2D eigenvalue weighted by atomic mass is 9.83. The van der Waals surface area contributed by atoms with Crippen LogP contribution in [-0.2, 0) is 10.2 Å². The molecule has 0 saturated heterocycles. The van der Waals surface area contributed by atoms with Gasteiger partial charge in [0.25, 0.3) is 0 Å². The highest BCUT2D eigenvalue weighted by atomic mass is 35.5. The third-order valence-electron chi connectivity index (χ3n) is 3.42. The lowest BCUT2D eigenvalue weighted by molar-refractivity contribution is -0.120. The van der Waals surface area contributed by atoms with Gasteiger partial charge in [-0.25, -0.2) is 4.98 Å². The maximum atomic E-state index is 12.6. The number of nitrogens with two attached hydrogens (primary N) is 1. The van der Waals surface area contributed by atoms with Gasteiger partial charge in [-0.2, -0.15) is 0 Å². The second kappa shape index (κ2) is 5.74. The SMILES string of the molecule is Cc1cnc(Cl)c(NC(=O)C(C)(C)c2ccc(N)cc2)c1. The van der Waals surface area contributed by atoms with Crippen LogP contribution >= 0.6 is 11.6 Å². The molecule has 4 nitrogen and oxygen atoms in total. The number of aromatic nitrogens is 1. The van der Waals surface area contributed by atoms with E-state index in [2.05, 4.69) is 10.3 Å². The number of aryl methyl sites for hydroxylation is 1. The van der Waals surface area contributed by atoms with Crippen molar-refractivity contribution in [3.8, 4) is 0 Å². The molecular weight excluding hydrogens is 286 g/mol. The average Bonchev–Trinajstić information content (AvgIpc) is 2.43. The normalized spacial score (nSPS) is 11.2. The molecule has 0 fully saturated rings. The molecule has 2 rings (SSSR count). The number of halogens is 1. The van der Waals surface area contributed by atoms with Crippen molar-refractivity contribution in [2.24, 2.45) is 0 Å². The molecule has 110 valence electrons. The summed E-state index contributed by atoms with van der Waals surface area (Å²) < 4.78 is 0. The van der Waals surface area contributed by atoms with Crippen molar-refractivity contribution in [3.63, 3.8) is 0 Å². The van der Waals surface area contributed by atoms with Crippen LogP contribution in [0.1, 0.15) is 25.0 Å². The molecule has 0 aliphatic heterocycles. The molecule has 0 atom stereocenters. The predicted octanol–water partition coefficient (Wildman–Crippen LogP) is 3.54. The van der Waals surface area contributed by atoms with Crippen molar-refractivity contribution in [1.29, 1.82) is 0 Å². The summed E-state index contributed by atoms with van der Waals surface area (Å²) in [5.74, 6) is -0.151. The number of hydrogen-bond donors (Lipinski definition) is 2. The van der Waals surface area contributed by atoms with Crippen molar-refractivity contribution < 1.29 is 4.79 Å². The average molecular weight is 304 g/mol. The van der Waals surface area contributed by atoms with Gasteiger partial charge in [-0.3, -0.25) is 4.79 Å². The van der Waals surface area contributed by atoms with E-state index in [0.717, 1.165) is 11.1 Å². The van der Waals surface area contributed by atoms with E-state index in [1.807, 2.05) is 32.9 Å². The molecule has 1 aromatic carbocycles. The Morgan fingerprint density at radius 2 is 1.90 bits per heavy atom. The second-order valence-corrected chi connectivity index (χ2v) is 5.91. The summed E-state index contributed by atoms with van der Waals surface area (Å²) in [6, 6.07) is 9.07. The monoisotopic (exact) mass is 303 g/mol. The van der Waals surface area contributed by atoms with Crippen molar-refractivity contribution >= 4 is 28.9 Å². The smallest absolute Gasteiger partial charge is 0.234 e. The molecular formula is C16H18ClN3O. The summed E-state index contributed by atoms with van der Waals surface area (Å²) in [7, 11) is 0. The zero-order valence-electron chi connectivity index (χ0n) is 12.3. The fourth-order valence-corrected chi connectivity index (χ4v) is 2.10. The van der Waals surface area contributed by atoms with Crippen LogP contribution < -0.4 is 11.1 Å². The summed E-state index contributed by atoms with van der Waals surface area (Å²) >= 11 is 6.01. The molecule has 0 saturated carbocycles. The lowest BCUT2D eigenvalue weighted by Crippen LogP contribution is -2.34. The first-order chi connectivity index (χ1) is 9.80. The van der Waals surface area contributed by atoms with Crippen LogP contribution in [0.2, 0.25) is 5.15 Å². The number of nitrogens with one attached hydrogen (secondary N) is 1. The van der Waals surface area contributed by atoms with Gasteiger partial charge in [0.05, 0.1) is 11.1 Å². The Kier molecular flexibility index (Phi) is 4.19. The number of carbonyl (C=O) groups is 1. The van der Waals surface area contributed by atoms with E-state index in [-0.39, 0.29) is 11.1 Å². The minimum Gasteiger partial charge on any atom is -0.399 e. The van der Waals surface area contributed by atoms with Gasteiger partial charge < -0.3 is 11.1 Å². The van der Waals surface area contributed by atoms with Gasteiger partial charge in [0.2, 0.25) is 5.91 Å². The van der Waals surface area contributed by atoms with Gasteiger partial charge in [0.1, 0.15) is 0 Å². The molecule has 1 aromatic heterocycles. The highest BCUT2D eigenvalue weighted by Crippen LogP contribution is 2.27.